The predicted molar refractivity (Wildman–Crippen MR) is 103 cm³/mol. The molecule has 8 heteroatoms. The topological polar surface area (TPSA) is 71.2 Å². The van der Waals surface area contributed by atoms with Gasteiger partial charge < -0.3 is 15.0 Å². The molecule has 0 aliphatic carbocycles. The van der Waals surface area contributed by atoms with Crippen LogP contribution in [0.15, 0.2) is 41.2 Å². The average molecular weight is 407 g/mol. The van der Waals surface area contributed by atoms with Gasteiger partial charge in [-0.15, -0.1) is 0 Å². The number of halogens is 3. The summed E-state index contributed by atoms with van der Waals surface area (Å²) in [6.45, 7) is 1.28. The van der Waals surface area contributed by atoms with Gasteiger partial charge in [0.1, 0.15) is 17.4 Å². The molecule has 1 atom stereocenters. The third-order valence-corrected chi connectivity index (χ3v) is 4.75. The van der Waals surface area contributed by atoms with Gasteiger partial charge in [-0.2, -0.15) is 0 Å². The molecule has 0 bridgehead atoms. The van der Waals surface area contributed by atoms with Crippen molar-refractivity contribution in [2.24, 2.45) is 0 Å². The molecule has 0 fully saturated rings. The number of pyridine rings is 1. The number of H-pyrrole nitrogens is 1. The lowest BCUT2D eigenvalue weighted by Gasteiger charge is -2.19. The van der Waals surface area contributed by atoms with E-state index in [9.17, 15) is 18.4 Å². The number of hydrogen-bond acceptors (Lipinski definition) is 3. The molecule has 0 spiro atoms. The zero-order chi connectivity index (χ0) is 20.4. The van der Waals surface area contributed by atoms with Crippen LogP contribution in [0.2, 0.25) is 5.02 Å². The number of amides is 1. The number of rotatable bonds is 5. The molecule has 0 aliphatic rings. The molecule has 3 rings (SSSR count). The third-order valence-electron chi connectivity index (χ3n) is 4.36. The van der Waals surface area contributed by atoms with Gasteiger partial charge in [0.25, 0.3) is 5.56 Å². The number of nitrogens with one attached hydrogen (secondary N) is 2. The summed E-state index contributed by atoms with van der Waals surface area (Å²) in [5.74, 6) is -1.51. The van der Waals surface area contributed by atoms with Gasteiger partial charge in [-0.1, -0.05) is 17.7 Å². The van der Waals surface area contributed by atoms with E-state index >= 15 is 0 Å². The zero-order valence-corrected chi connectivity index (χ0v) is 15.9. The van der Waals surface area contributed by atoms with Crippen molar-refractivity contribution in [1.29, 1.82) is 0 Å². The zero-order valence-electron chi connectivity index (χ0n) is 15.1. The predicted octanol–water partition coefficient (Wildman–Crippen LogP) is 3.89. The van der Waals surface area contributed by atoms with E-state index in [0.717, 1.165) is 12.1 Å². The molecule has 2 aromatic carbocycles. The minimum Gasteiger partial charge on any atom is -0.495 e. The smallest absolute Gasteiger partial charge is 0.251 e. The van der Waals surface area contributed by atoms with E-state index in [1.807, 2.05) is 0 Å². The highest BCUT2D eigenvalue weighted by molar-refractivity contribution is 6.36. The summed E-state index contributed by atoms with van der Waals surface area (Å²) in [7, 11) is 1.48. The van der Waals surface area contributed by atoms with E-state index in [4.69, 9.17) is 16.3 Å². The first-order chi connectivity index (χ1) is 13.3. The quantitative estimate of drug-likeness (QED) is 0.675. The van der Waals surface area contributed by atoms with E-state index in [-0.39, 0.29) is 17.5 Å². The van der Waals surface area contributed by atoms with Crippen LogP contribution in [0.1, 0.15) is 24.1 Å². The van der Waals surface area contributed by atoms with Crippen molar-refractivity contribution in [2.45, 2.75) is 19.4 Å². The van der Waals surface area contributed by atoms with Crippen molar-refractivity contribution >= 4 is 28.4 Å². The third kappa shape index (κ3) is 3.99. The fourth-order valence-corrected chi connectivity index (χ4v) is 3.36. The molecule has 1 heterocycles. The summed E-state index contributed by atoms with van der Waals surface area (Å²) in [6.07, 6.45) is -0.0130. The summed E-state index contributed by atoms with van der Waals surface area (Å²) < 4.78 is 32.7. The molecular formula is C20H17ClF2N2O3. The van der Waals surface area contributed by atoms with Gasteiger partial charge in [-0.25, -0.2) is 8.78 Å². The van der Waals surface area contributed by atoms with Gasteiger partial charge in [-0.3, -0.25) is 9.59 Å². The SMILES string of the molecule is COc1ccc2[nH]c(=O)c(C[C@H](NC(C)=O)c3ccc(F)cc3F)cc2c1Cl. The van der Waals surface area contributed by atoms with E-state index in [1.54, 1.807) is 18.2 Å². The minimum absolute atomic E-state index is 0.0130. The van der Waals surface area contributed by atoms with Crippen LogP contribution in [0, 0.1) is 11.6 Å². The number of aromatic nitrogens is 1. The Balaban J connectivity index is 2.08. The van der Waals surface area contributed by atoms with Crippen LogP contribution in [0.3, 0.4) is 0 Å². The summed E-state index contributed by atoms with van der Waals surface area (Å²) >= 11 is 6.33. The number of methoxy groups -OCH3 is 1. The first-order valence-electron chi connectivity index (χ1n) is 8.40. The molecule has 0 unspecified atom stereocenters. The van der Waals surface area contributed by atoms with E-state index in [0.29, 0.717) is 21.7 Å². The van der Waals surface area contributed by atoms with Crippen molar-refractivity contribution in [3.8, 4) is 5.75 Å². The van der Waals surface area contributed by atoms with Crippen LogP contribution < -0.4 is 15.6 Å². The van der Waals surface area contributed by atoms with Crippen LogP contribution in [0.25, 0.3) is 10.9 Å². The Labute approximate surface area is 164 Å². The summed E-state index contributed by atoms with van der Waals surface area (Å²) in [5.41, 5.74) is 0.480. The average Bonchev–Trinajstić information content (AvgIpc) is 2.62. The van der Waals surface area contributed by atoms with E-state index in [2.05, 4.69) is 10.3 Å². The van der Waals surface area contributed by atoms with Crippen LogP contribution in [-0.2, 0) is 11.2 Å². The number of aromatic amines is 1. The molecule has 0 saturated carbocycles. The van der Waals surface area contributed by atoms with Crippen molar-refractivity contribution in [2.75, 3.05) is 7.11 Å². The number of benzene rings is 2. The Bertz CT molecular complexity index is 1110. The van der Waals surface area contributed by atoms with Gasteiger partial charge in [-0.05, 0) is 24.3 Å². The number of ether oxygens (including phenoxy) is 1. The first kappa shape index (κ1) is 19.8. The molecule has 1 aromatic heterocycles. The Morgan fingerprint density at radius 2 is 2.00 bits per heavy atom. The molecule has 0 saturated heterocycles. The number of carbonyl (C=O) groups is 1. The Hall–Kier alpha value is -2.93. The summed E-state index contributed by atoms with van der Waals surface area (Å²) in [6, 6.07) is 7.09. The normalized spacial score (nSPS) is 12.0. The number of hydrogen-bond donors (Lipinski definition) is 2. The highest BCUT2D eigenvalue weighted by Crippen LogP contribution is 2.32. The maximum atomic E-state index is 14.3. The highest BCUT2D eigenvalue weighted by atomic mass is 35.5. The van der Waals surface area contributed by atoms with Gasteiger partial charge in [0.15, 0.2) is 0 Å². The van der Waals surface area contributed by atoms with Crippen LogP contribution in [-0.4, -0.2) is 18.0 Å². The highest BCUT2D eigenvalue weighted by Gasteiger charge is 2.20. The van der Waals surface area contributed by atoms with Gasteiger partial charge in [0, 0.05) is 35.9 Å². The molecule has 3 aromatic rings. The molecular weight excluding hydrogens is 390 g/mol. The molecule has 1 amide bonds. The largest absolute Gasteiger partial charge is 0.495 e. The Morgan fingerprint density at radius 3 is 2.64 bits per heavy atom. The van der Waals surface area contributed by atoms with Crippen molar-refractivity contribution in [3.63, 3.8) is 0 Å². The minimum atomic E-state index is -0.860. The maximum absolute atomic E-state index is 14.3. The maximum Gasteiger partial charge on any atom is 0.251 e. The van der Waals surface area contributed by atoms with Gasteiger partial charge >= 0.3 is 0 Å². The second kappa shape index (κ2) is 7.98. The fraction of sp³-hybridized carbons (Fsp3) is 0.200. The lowest BCUT2D eigenvalue weighted by atomic mass is 9.98. The summed E-state index contributed by atoms with van der Waals surface area (Å²) in [5, 5.41) is 3.48. The molecule has 146 valence electrons. The second-order valence-electron chi connectivity index (χ2n) is 6.29. The first-order valence-corrected chi connectivity index (χ1v) is 8.78. The molecule has 5 nitrogen and oxygen atoms in total. The van der Waals surface area contributed by atoms with Crippen LogP contribution in [0.4, 0.5) is 8.78 Å². The lowest BCUT2D eigenvalue weighted by Crippen LogP contribution is -2.30. The van der Waals surface area contributed by atoms with Crippen molar-refractivity contribution < 1.29 is 18.3 Å². The van der Waals surface area contributed by atoms with E-state index in [1.165, 1.54) is 20.1 Å². The monoisotopic (exact) mass is 406 g/mol. The lowest BCUT2D eigenvalue weighted by molar-refractivity contribution is -0.119. The van der Waals surface area contributed by atoms with Crippen molar-refractivity contribution in [1.82, 2.24) is 10.3 Å². The van der Waals surface area contributed by atoms with Crippen LogP contribution >= 0.6 is 11.6 Å². The van der Waals surface area contributed by atoms with Gasteiger partial charge in [0.2, 0.25) is 5.91 Å². The summed E-state index contributed by atoms with van der Waals surface area (Å²) in [4.78, 5) is 26.8. The number of fused-ring (bicyclic) bond motifs is 1. The molecule has 2 N–H and O–H groups in total. The molecule has 0 radical (unpaired) electrons. The standard InChI is InChI=1S/C20H17ClF2N2O3/c1-10(26)24-17(13-4-3-12(22)9-15(13)23)8-11-7-14-16(25-20(11)27)5-6-18(28-2)19(14)21/h3-7,9,17H,8H2,1-2H3,(H,24,26)(H,25,27)/t17-/m0/s1. The number of carbonyl (C=O) groups excluding carboxylic acids is 1. The molecule has 28 heavy (non-hydrogen) atoms. The Morgan fingerprint density at radius 1 is 1.25 bits per heavy atom. The molecule has 0 aliphatic heterocycles. The van der Waals surface area contributed by atoms with Crippen molar-refractivity contribution in [3.05, 3.63) is 74.5 Å². The second-order valence-corrected chi connectivity index (χ2v) is 6.67. The Kier molecular flexibility index (Phi) is 5.65. The fourth-order valence-electron chi connectivity index (χ4n) is 3.06. The van der Waals surface area contributed by atoms with E-state index < -0.39 is 29.1 Å². The van der Waals surface area contributed by atoms with Gasteiger partial charge in [0.05, 0.1) is 23.7 Å². The van der Waals surface area contributed by atoms with Crippen LogP contribution in [0.5, 0.6) is 5.75 Å².